The molecular weight excluding hydrogens is 394 g/mol. The van der Waals surface area contributed by atoms with E-state index in [0.29, 0.717) is 16.0 Å². The summed E-state index contributed by atoms with van der Waals surface area (Å²) in [7, 11) is 0. The molecule has 1 N–H and O–H groups in total. The van der Waals surface area contributed by atoms with E-state index in [-0.39, 0.29) is 27.8 Å². The molecule has 2 aliphatic rings. The Morgan fingerprint density at radius 3 is 2.10 bits per heavy atom. The SMILES string of the molecule is CC1(C)CCC(C)(C)c2cc(C(=O)c3ccc(/C=C4/SC(=O)NC4=O)cc3)ccc21. The van der Waals surface area contributed by atoms with Crippen LogP contribution in [0, 0.1) is 0 Å². The van der Waals surface area contributed by atoms with E-state index in [1.54, 1.807) is 30.3 Å². The van der Waals surface area contributed by atoms with Gasteiger partial charge in [0.05, 0.1) is 4.91 Å². The number of ketones is 1. The van der Waals surface area contributed by atoms with Crippen LogP contribution in [0.4, 0.5) is 4.79 Å². The number of amides is 2. The Morgan fingerprint density at radius 1 is 0.900 bits per heavy atom. The fourth-order valence-electron chi connectivity index (χ4n) is 4.20. The summed E-state index contributed by atoms with van der Waals surface area (Å²) in [5.41, 5.74) is 4.83. The molecule has 2 amide bonds. The second-order valence-corrected chi connectivity index (χ2v) is 10.3. The number of carbonyl (C=O) groups excluding carboxylic acids is 3. The molecule has 0 radical (unpaired) electrons. The van der Waals surface area contributed by atoms with Crippen LogP contribution in [0.1, 0.15) is 73.1 Å². The molecule has 4 nitrogen and oxygen atoms in total. The zero-order valence-corrected chi connectivity index (χ0v) is 18.5. The minimum absolute atomic E-state index is 0.0145. The van der Waals surface area contributed by atoms with Crippen LogP contribution in [0.2, 0.25) is 0 Å². The number of nitrogens with one attached hydrogen (secondary N) is 1. The molecule has 1 aliphatic heterocycles. The molecule has 30 heavy (non-hydrogen) atoms. The van der Waals surface area contributed by atoms with Crippen molar-refractivity contribution in [1.29, 1.82) is 0 Å². The molecule has 0 aromatic heterocycles. The fraction of sp³-hybridized carbons (Fsp3) is 0.320. The molecule has 2 aromatic rings. The minimum atomic E-state index is -0.384. The smallest absolute Gasteiger partial charge is 0.289 e. The number of thioether (sulfide) groups is 1. The molecule has 5 heteroatoms. The van der Waals surface area contributed by atoms with Gasteiger partial charge in [-0.05, 0) is 64.3 Å². The van der Waals surface area contributed by atoms with Crippen molar-refractivity contribution in [2.45, 2.75) is 51.4 Å². The van der Waals surface area contributed by atoms with Crippen LogP contribution in [-0.4, -0.2) is 16.9 Å². The van der Waals surface area contributed by atoms with Gasteiger partial charge in [0.2, 0.25) is 0 Å². The first kappa shape index (κ1) is 20.6. The van der Waals surface area contributed by atoms with Crippen molar-refractivity contribution in [3.8, 4) is 0 Å². The molecule has 0 bridgehead atoms. The van der Waals surface area contributed by atoms with Crippen molar-refractivity contribution >= 4 is 34.8 Å². The van der Waals surface area contributed by atoms with Gasteiger partial charge < -0.3 is 0 Å². The third-order valence-corrected chi connectivity index (χ3v) is 7.04. The number of imide groups is 1. The summed E-state index contributed by atoms with van der Waals surface area (Å²) in [6, 6.07) is 13.2. The standard InChI is InChI=1S/C25H25NO3S/c1-24(2)11-12-25(3,4)19-14-17(9-10-18(19)24)21(27)16-7-5-15(6-8-16)13-20-22(28)26-23(29)30-20/h5-10,13-14H,11-12H2,1-4H3,(H,26,28,29)/b20-13+. The molecule has 0 atom stereocenters. The molecule has 1 fully saturated rings. The molecule has 1 heterocycles. The van der Waals surface area contributed by atoms with Crippen molar-refractivity contribution < 1.29 is 14.4 Å². The van der Waals surface area contributed by atoms with Crippen LogP contribution in [0.15, 0.2) is 47.4 Å². The Hall–Kier alpha value is -2.66. The van der Waals surface area contributed by atoms with Gasteiger partial charge in [-0.15, -0.1) is 0 Å². The predicted octanol–water partition coefficient (Wildman–Crippen LogP) is 5.59. The lowest BCUT2D eigenvalue weighted by atomic mass is 9.63. The van der Waals surface area contributed by atoms with Gasteiger partial charge in [-0.25, -0.2) is 0 Å². The Morgan fingerprint density at radius 2 is 1.50 bits per heavy atom. The van der Waals surface area contributed by atoms with E-state index >= 15 is 0 Å². The monoisotopic (exact) mass is 419 g/mol. The number of hydrogen-bond acceptors (Lipinski definition) is 4. The summed E-state index contributed by atoms with van der Waals surface area (Å²) >= 11 is 0.883. The zero-order chi connectivity index (χ0) is 21.7. The Balaban J connectivity index is 1.62. The maximum Gasteiger partial charge on any atom is 0.290 e. The van der Waals surface area contributed by atoms with Gasteiger partial charge in [0, 0.05) is 11.1 Å². The summed E-state index contributed by atoms with van der Waals surface area (Å²) in [6.07, 6.45) is 3.89. The number of hydrogen-bond donors (Lipinski definition) is 1. The number of rotatable bonds is 3. The topological polar surface area (TPSA) is 63.2 Å². The molecule has 0 unspecified atom stereocenters. The maximum absolute atomic E-state index is 13.1. The molecule has 1 aliphatic carbocycles. The molecule has 1 saturated heterocycles. The third-order valence-electron chi connectivity index (χ3n) is 6.23. The molecule has 2 aromatic carbocycles. The summed E-state index contributed by atoms with van der Waals surface area (Å²) < 4.78 is 0. The summed E-state index contributed by atoms with van der Waals surface area (Å²) in [5.74, 6) is -0.399. The quantitative estimate of drug-likeness (QED) is 0.520. The minimum Gasteiger partial charge on any atom is -0.289 e. The molecule has 0 saturated carbocycles. The first-order valence-electron chi connectivity index (χ1n) is 10.1. The third kappa shape index (κ3) is 3.74. The van der Waals surface area contributed by atoms with Crippen molar-refractivity contribution in [3.05, 3.63) is 75.2 Å². The van der Waals surface area contributed by atoms with Crippen LogP contribution < -0.4 is 5.32 Å². The van der Waals surface area contributed by atoms with Crippen LogP contribution in [0.5, 0.6) is 0 Å². The fourth-order valence-corrected chi connectivity index (χ4v) is 4.88. The summed E-state index contributed by atoms with van der Waals surface area (Å²) in [5, 5.41) is 1.87. The number of benzene rings is 2. The lowest BCUT2D eigenvalue weighted by Gasteiger charge is -2.42. The Kier molecular flexibility index (Phi) is 4.97. The molecule has 4 rings (SSSR count). The zero-order valence-electron chi connectivity index (χ0n) is 17.7. The lowest BCUT2D eigenvalue weighted by Crippen LogP contribution is -2.34. The Bertz CT molecular complexity index is 1090. The van der Waals surface area contributed by atoms with E-state index in [1.807, 2.05) is 6.07 Å². The van der Waals surface area contributed by atoms with E-state index in [4.69, 9.17) is 0 Å². The summed E-state index contributed by atoms with van der Waals surface area (Å²) in [6.45, 7) is 9.04. The highest BCUT2D eigenvalue weighted by Crippen LogP contribution is 2.46. The van der Waals surface area contributed by atoms with Gasteiger partial charge in [-0.3, -0.25) is 19.7 Å². The highest BCUT2D eigenvalue weighted by atomic mass is 32.2. The maximum atomic E-state index is 13.1. The lowest BCUT2D eigenvalue weighted by molar-refractivity contribution is -0.115. The average molecular weight is 420 g/mol. The van der Waals surface area contributed by atoms with Crippen LogP contribution in [0.3, 0.4) is 0 Å². The van der Waals surface area contributed by atoms with Crippen molar-refractivity contribution in [3.63, 3.8) is 0 Å². The van der Waals surface area contributed by atoms with Crippen molar-refractivity contribution in [2.24, 2.45) is 0 Å². The first-order chi connectivity index (χ1) is 14.1. The first-order valence-corrected chi connectivity index (χ1v) is 10.9. The van der Waals surface area contributed by atoms with E-state index in [9.17, 15) is 14.4 Å². The number of carbonyl (C=O) groups is 3. The summed E-state index contributed by atoms with van der Waals surface area (Å²) in [4.78, 5) is 36.5. The van der Waals surface area contributed by atoms with Gasteiger partial charge in [0.25, 0.3) is 11.1 Å². The predicted molar refractivity (Wildman–Crippen MR) is 121 cm³/mol. The normalized spacial score (nSPS) is 20.7. The van der Waals surface area contributed by atoms with E-state index in [0.717, 1.165) is 30.2 Å². The second-order valence-electron chi connectivity index (χ2n) is 9.33. The van der Waals surface area contributed by atoms with Gasteiger partial charge >= 0.3 is 0 Å². The van der Waals surface area contributed by atoms with Gasteiger partial charge in [-0.2, -0.15) is 0 Å². The van der Waals surface area contributed by atoms with E-state index in [1.165, 1.54) is 11.1 Å². The van der Waals surface area contributed by atoms with Crippen LogP contribution in [0.25, 0.3) is 6.08 Å². The average Bonchev–Trinajstić information content (AvgIpc) is 3.02. The van der Waals surface area contributed by atoms with E-state index < -0.39 is 0 Å². The van der Waals surface area contributed by atoms with Crippen LogP contribution >= 0.6 is 11.8 Å². The van der Waals surface area contributed by atoms with Crippen LogP contribution in [-0.2, 0) is 15.6 Å². The number of fused-ring (bicyclic) bond motifs is 1. The second kappa shape index (κ2) is 7.24. The van der Waals surface area contributed by atoms with E-state index in [2.05, 4.69) is 45.1 Å². The van der Waals surface area contributed by atoms with Gasteiger partial charge in [0.15, 0.2) is 5.78 Å². The highest BCUT2D eigenvalue weighted by Gasteiger charge is 2.37. The van der Waals surface area contributed by atoms with Gasteiger partial charge in [-0.1, -0.05) is 64.1 Å². The molecule has 0 spiro atoms. The Labute approximate surface area is 181 Å². The molecular formula is C25H25NO3S. The van der Waals surface area contributed by atoms with Crippen molar-refractivity contribution in [2.75, 3.05) is 0 Å². The highest BCUT2D eigenvalue weighted by molar-refractivity contribution is 8.18. The largest absolute Gasteiger partial charge is 0.290 e. The molecule has 154 valence electrons. The van der Waals surface area contributed by atoms with Gasteiger partial charge in [0.1, 0.15) is 0 Å². The van der Waals surface area contributed by atoms with Crippen molar-refractivity contribution in [1.82, 2.24) is 5.32 Å².